The van der Waals surface area contributed by atoms with Crippen molar-refractivity contribution in [2.75, 3.05) is 7.05 Å². The van der Waals surface area contributed by atoms with E-state index in [9.17, 15) is 17.2 Å². The number of imidazole rings is 1. The lowest BCUT2D eigenvalue weighted by Gasteiger charge is -2.20. The van der Waals surface area contributed by atoms with Crippen LogP contribution in [0.4, 0.5) is 8.78 Å². The highest BCUT2D eigenvalue weighted by Gasteiger charge is 2.33. The van der Waals surface area contributed by atoms with Crippen molar-refractivity contribution in [3.05, 3.63) is 82.8 Å². The lowest BCUT2D eigenvalue weighted by molar-refractivity contribution is 0.490. The topological polar surface area (TPSA) is 76.0 Å². The van der Waals surface area contributed by atoms with Crippen molar-refractivity contribution >= 4 is 10.0 Å². The van der Waals surface area contributed by atoms with E-state index in [1.54, 1.807) is 19.2 Å². The molecule has 2 unspecified atom stereocenters. The van der Waals surface area contributed by atoms with Gasteiger partial charge in [0, 0.05) is 37.3 Å². The van der Waals surface area contributed by atoms with E-state index < -0.39 is 15.8 Å². The first-order valence-corrected chi connectivity index (χ1v) is 11.5. The minimum absolute atomic E-state index is 0.0218. The number of sulfonamides is 1. The van der Waals surface area contributed by atoms with E-state index in [-0.39, 0.29) is 34.9 Å². The van der Waals surface area contributed by atoms with Gasteiger partial charge in [0.25, 0.3) is 10.0 Å². The molecule has 31 heavy (non-hydrogen) atoms. The number of rotatable bonds is 7. The maximum absolute atomic E-state index is 14.7. The van der Waals surface area contributed by atoms with E-state index in [0.717, 1.165) is 16.7 Å². The molecule has 0 saturated heterocycles. The highest BCUT2D eigenvalue weighted by atomic mass is 32.2. The predicted octanol–water partition coefficient (Wildman–Crippen LogP) is 2.65. The Hall–Kier alpha value is -2.62. The lowest BCUT2D eigenvalue weighted by atomic mass is 9.90. The molecule has 9 heteroatoms. The summed E-state index contributed by atoms with van der Waals surface area (Å²) in [6, 6.07) is 9.76. The van der Waals surface area contributed by atoms with Gasteiger partial charge < -0.3 is 9.88 Å². The number of benzene rings is 2. The molecule has 2 N–H and O–H groups in total. The number of hydrogen-bond donors (Lipinski definition) is 2. The van der Waals surface area contributed by atoms with Crippen LogP contribution in [0.3, 0.4) is 0 Å². The summed E-state index contributed by atoms with van der Waals surface area (Å²) in [6.45, 7) is -0.186. The van der Waals surface area contributed by atoms with Crippen LogP contribution < -0.4 is 10.0 Å². The normalized spacial score (nSPS) is 18.3. The molecule has 0 spiro atoms. The average molecular weight is 447 g/mol. The van der Waals surface area contributed by atoms with Crippen molar-refractivity contribution in [3.63, 3.8) is 0 Å². The van der Waals surface area contributed by atoms with Gasteiger partial charge in [-0.2, -0.15) is 0 Å². The van der Waals surface area contributed by atoms with Crippen LogP contribution in [-0.4, -0.2) is 31.1 Å². The zero-order valence-electron chi connectivity index (χ0n) is 17.3. The quantitative estimate of drug-likeness (QED) is 0.585. The molecule has 164 valence electrons. The van der Waals surface area contributed by atoms with Crippen molar-refractivity contribution in [2.24, 2.45) is 7.05 Å². The second kappa shape index (κ2) is 8.49. The largest absolute Gasteiger partial charge is 0.339 e. The predicted molar refractivity (Wildman–Crippen MR) is 113 cm³/mol. The van der Waals surface area contributed by atoms with Crippen LogP contribution in [0.15, 0.2) is 53.9 Å². The molecule has 1 heterocycles. The van der Waals surface area contributed by atoms with Gasteiger partial charge in [-0.1, -0.05) is 18.2 Å². The van der Waals surface area contributed by atoms with Crippen molar-refractivity contribution in [1.82, 2.24) is 19.6 Å². The van der Waals surface area contributed by atoms with Gasteiger partial charge in [0.2, 0.25) is 0 Å². The van der Waals surface area contributed by atoms with E-state index in [2.05, 4.69) is 15.0 Å². The minimum Gasteiger partial charge on any atom is -0.339 e. The Balaban J connectivity index is 1.59. The van der Waals surface area contributed by atoms with Crippen LogP contribution in [-0.2, 0) is 36.5 Å². The van der Waals surface area contributed by atoms with Crippen molar-refractivity contribution < 1.29 is 17.2 Å². The Morgan fingerprint density at radius 3 is 2.71 bits per heavy atom. The lowest BCUT2D eigenvalue weighted by Crippen LogP contribution is -2.30. The molecule has 0 bridgehead atoms. The third-order valence-electron chi connectivity index (χ3n) is 5.76. The third kappa shape index (κ3) is 4.53. The molecule has 1 aliphatic carbocycles. The molecule has 0 radical (unpaired) electrons. The minimum atomic E-state index is -3.85. The molecule has 0 fully saturated rings. The van der Waals surface area contributed by atoms with Crippen molar-refractivity contribution in [2.45, 2.75) is 36.4 Å². The van der Waals surface area contributed by atoms with Gasteiger partial charge in [0.15, 0.2) is 5.03 Å². The summed E-state index contributed by atoms with van der Waals surface area (Å²) >= 11 is 0. The van der Waals surface area contributed by atoms with Gasteiger partial charge in [-0.25, -0.2) is 26.9 Å². The fourth-order valence-electron chi connectivity index (χ4n) is 4.18. The molecule has 1 aromatic heterocycles. The van der Waals surface area contributed by atoms with Crippen LogP contribution in [0.25, 0.3) is 0 Å². The highest BCUT2D eigenvalue weighted by Crippen LogP contribution is 2.37. The van der Waals surface area contributed by atoms with Gasteiger partial charge in [0.05, 0.1) is 6.33 Å². The van der Waals surface area contributed by atoms with Crippen LogP contribution >= 0.6 is 0 Å². The Labute approximate surface area is 180 Å². The molecular formula is C22H24F2N4O2S. The van der Waals surface area contributed by atoms with Gasteiger partial charge in [-0.15, -0.1) is 0 Å². The molecule has 0 amide bonds. The van der Waals surface area contributed by atoms with Crippen molar-refractivity contribution in [1.29, 1.82) is 0 Å². The summed E-state index contributed by atoms with van der Waals surface area (Å²) in [4.78, 5) is 3.85. The SMILES string of the molecule is CNC1Cc2cc(F)c(CNS(=O)(=O)c3cn(C)cn3)cc2C1Cc1cccc(F)c1. The van der Waals surface area contributed by atoms with Gasteiger partial charge in [-0.05, 0) is 54.8 Å². The number of likely N-dealkylation sites (N-methyl/N-ethyl adjacent to an activating group) is 1. The standard InChI is InChI=1S/C22H24F2N4O2S/c1-25-21-10-15-9-20(24)16(11-27-31(29,30)22-12-28(2)13-26-22)8-18(15)19(21)7-14-4-3-5-17(23)6-14/h3-6,8-9,12-13,19,21,25,27H,7,10-11H2,1-2H3. The Morgan fingerprint density at radius 2 is 2.03 bits per heavy atom. The second-order valence-corrected chi connectivity index (χ2v) is 9.60. The first kappa shape index (κ1) is 21.6. The summed E-state index contributed by atoms with van der Waals surface area (Å²) in [5.74, 6) is -0.724. The number of fused-ring (bicyclic) bond motifs is 1. The molecule has 3 aromatic rings. The summed E-state index contributed by atoms with van der Waals surface area (Å²) in [6.07, 6.45) is 4.02. The molecule has 0 saturated carbocycles. The molecule has 1 aliphatic rings. The summed E-state index contributed by atoms with van der Waals surface area (Å²) in [5.41, 5.74) is 2.96. The Bertz CT molecular complexity index is 1210. The van der Waals surface area contributed by atoms with Crippen LogP contribution in [0.1, 0.15) is 28.2 Å². The average Bonchev–Trinajstić information content (AvgIpc) is 3.30. The van der Waals surface area contributed by atoms with E-state index in [0.29, 0.717) is 12.8 Å². The maximum Gasteiger partial charge on any atom is 0.259 e. The van der Waals surface area contributed by atoms with E-state index >= 15 is 0 Å². The molecule has 2 atom stereocenters. The van der Waals surface area contributed by atoms with Crippen LogP contribution in [0.5, 0.6) is 0 Å². The fraction of sp³-hybridized carbons (Fsp3) is 0.318. The van der Waals surface area contributed by atoms with Gasteiger partial charge >= 0.3 is 0 Å². The number of nitrogens with one attached hydrogen (secondary N) is 2. The summed E-state index contributed by atoms with van der Waals surface area (Å²) in [5, 5.41) is 3.16. The summed E-state index contributed by atoms with van der Waals surface area (Å²) < 4.78 is 57.2. The smallest absolute Gasteiger partial charge is 0.259 e. The maximum atomic E-state index is 14.7. The number of halogens is 2. The zero-order valence-corrected chi connectivity index (χ0v) is 18.1. The first-order valence-electron chi connectivity index (χ1n) is 9.97. The number of aromatic nitrogens is 2. The highest BCUT2D eigenvalue weighted by molar-refractivity contribution is 7.89. The molecule has 6 nitrogen and oxygen atoms in total. The Morgan fingerprint density at radius 1 is 1.23 bits per heavy atom. The Kier molecular flexibility index (Phi) is 5.92. The molecular weight excluding hydrogens is 422 g/mol. The number of nitrogens with zero attached hydrogens (tertiary/aromatic N) is 2. The second-order valence-electron chi connectivity index (χ2n) is 7.88. The van der Waals surface area contributed by atoms with E-state index in [4.69, 9.17) is 0 Å². The number of aryl methyl sites for hydroxylation is 1. The number of hydrogen-bond acceptors (Lipinski definition) is 4. The molecule has 4 rings (SSSR count). The first-order chi connectivity index (χ1) is 14.8. The molecule has 0 aliphatic heterocycles. The van der Waals surface area contributed by atoms with Gasteiger partial charge in [-0.3, -0.25) is 0 Å². The van der Waals surface area contributed by atoms with Crippen LogP contribution in [0.2, 0.25) is 0 Å². The third-order valence-corrected chi connectivity index (χ3v) is 7.04. The zero-order chi connectivity index (χ0) is 22.2. The van der Waals surface area contributed by atoms with E-state index in [1.807, 2.05) is 13.1 Å². The van der Waals surface area contributed by atoms with Crippen molar-refractivity contribution in [3.8, 4) is 0 Å². The monoisotopic (exact) mass is 446 g/mol. The fourth-order valence-corrected chi connectivity index (χ4v) is 5.16. The van der Waals surface area contributed by atoms with Gasteiger partial charge in [0.1, 0.15) is 11.6 Å². The molecule has 2 aromatic carbocycles. The summed E-state index contributed by atoms with van der Waals surface area (Å²) in [7, 11) is -0.329. The van der Waals surface area contributed by atoms with Crippen LogP contribution in [0, 0.1) is 11.6 Å². The van der Waals surface area contributed by atoms with E-state index in [1.165, 1.54) is 35.3 Å².